The third-order valence-electron chi connectivity index (χ3n) is 3.49. The number of hydrogen-bond donors (Lipinski definition) is 3. The van der Waals surface area contributed by atoms with Crippen molar-refractivity contribution in [2.45, 2.75) is 50.7 Å². The van der Waals surface area contributed by atoms with Gasteiger partial charge in [0.25, 0.3) is 0 Å². The van der Waals surface area contributed by atoms with Gasteiger partial charge in [0.1, 0.15) is 4.90 Å². The van der Waals surface area contributed by atoms with Crippen LogP contribution in [0.2, 0.25) is 0 Å². The standard InChI is InChI=1S/C11H22N4O3S/c1-7-8(9(12)13-15(7)6)19(17,18)14-10(2,3)11(4,5)16/h14,16H,1-6H3,(H2,12,13). The Labute approximate surface area is 113 Å². The number of aryl methyl sites for hydroxylation is 1. The van der Waals surface area contributed by atoms with Crippen LogP contribution in [0.1, 0.15) is 33.4 Å². The number of nitrogens with zero attached hydrogens (tertiary/aromatic N) is 2. The van der Waals surface area contributed by atoms with Gasteiger partial charge in [-0.1, -0.05) is 0 Å². The molecule has 0 bridgehead atoms. The number of anilines is 1. The Kier molecular flexibility index (Phi) is 3.74. The second kappa shape index (κ2) is 4.46. The van der Waals surface area contributed by atoms with Crippen molar-refractivity contribution < 1.29 is 13.5 Å². The molecule has 0 aliphatic carbocycles. The number of hydrogen-bond acceptors (Lipinski definition) is 5. The third kappa shape index (κ3) is 2.90. The van der Waals surface area contributed by atoms with Crippen molar-refractivity contribution in [3.8, 4) is 0 Å². The molecule has 4 N–H and O–H groups in total. The molecule has 0 radical (unpaired) electrons. The van der Waals surface area contributed by atoms with Gasteiger partial charge in [-0.3, -0.25) is 4.68 Å². The van der Waals surface area contributed by atoms with Crippen molar-refractivity contribution in [2.75, 3.05) is 5.73 Å². The summed E-state index contributed by atoms with van der Waals surface area (Å²) in [7, 11) is -2.24. The van der Waals surface area contributed by atoms with Crippen molar-refractivity contribution in [1.29, 1.82) is 0 Å². The zero-order chi connectivity index (χ0) is 15.2. The number of nitrogen functional groups attached to an aromatic ring is 1. The molecular formula is C11H22N4O3S. The van der Waals surface area contributed by atoms with E-state index in [4.69, 9.17) is 5.73 Å². The molecular weight excluding hydrogens is 268 g/mol. The minimum atomic E-state index is -3.86. The van der Waals surface area contributed by atoms with Crippen LogP contribution in [0.5, 0.6) is 0 Å². The van der Waals surface area contributed by atoms with Crippen LogP contribution in [0.4, 0.5) is 5.82 Å². The topological polar surface area (TPSA) is 110 Å². The Balaban J connectivity index is 3.28. The quantitative estimate of drug-likeness (QED) is 0.730. The summed E-state index contributed by atoms with van der Waals surface area (Å²) >= 11 is 0. The third-order valence-corrected chi connectivity index (χ3v) is 5.31. The van der Waals surface area contributed by atoms with Crippen LogP contribution in [-0.4, -0.2) is 34.4 Å². The lowest BCUT2D eigenvalue weighted by Gasteiger charge is -2.37. The largest absolute Gasteiger partial charge is 0.389 e. The van der Waals surface area contributed by atoms with Gasteiger partial charge in [-0.2, -0.15) is 5.10 Å². The van der Waals surface area contributed by atoms with Crippen molar-refractivity contribution in [3.05, 3.63) is 5.69 Å². The van der Waals surface area contributed by atoms with Gasteiger partial charge < -0.3 is 10.8 Å². The first-order valence-corrected chi connectivity index (χ1v) is 7.33. The van der Waals surface area contributed by atoms with E-state index in [-0.39, 0.29) is 10.7 Å². The van der Waals surface area contributed by atoms with Gasteiger partial charge in [0.15, 0.2) is 5.82 Å². The molecule has 1 aromatic rings. The molecule has 0 aliphatic rings. The fourth-order valence-corrected chi connectivity index (χ4v) is 3.32. The fraction of sp³-hybridized carbons (Fsp3) is 0.727. The Morgan fingerprint density at radius 3 is 2.11 bits per heavy atom. The maximum Gasteiger partial charge on any atom is 0.246 e. The van der Waals surface area contributed by atoms with Crippen LogP contribution in [0.3, 0.4) is 0 Å². The summed E-state index contributed by atoms with van der Waals surface area (Å²) < 4.78 is 28.7. The van der Waals surface area contributed by atoms with Crippen LogP contribution in [0, 0.1) is 6.92 Å². The van der Waals surface area contributed by atoms with E-state index in [0.717, 1.165) is 0 Å². The van der Waals surface area contributed by atoms with Gasteiger partial charge in [-0.15, -0.1) is 0 Å². The zero-order valence-electron chi connectivity index (χ0n) is 12.1. The number of sulfonamides is 1. The summed E-state index contributed by atoms with van der Waals surface area (Å²) in [4.78, 5) is -0.0488. The van der Waals surface area contributed by atoms with Crippen LogP contribution in [0.15, 0.2) is 4.90 Å². The van der Waals surface area contributed by atoms with Gasteiger partial charge in [0.2, 0.25) is 10.0 Å². The van der Waals surface area contributed by atoms with Crippen LogP contribution in [-0.2, 0) is 17.1 Å². The normalized spacial score (nSPS) is 13.8. The second-order valence-electron chi connectivity index (χ2n) is 5.71. The van der Waals surface area contributed by atoms with Crippen molar-refractivity contribution >= 4 is 15.8 Å². The van der Waals surface area contributed by atoms with Crippen LogP contribution in [0.25, 0.3) is 0 Å². The number of aromatic nitrogens is 2. The second-order valence-corrected chi connectivity index (χ2v) is 7.33. The maximum absolute atomic E-state index is 12.4. The number of nitrogens with two attached hydrogens (primary N) is 1. The van der Waals surface area contributed by atoms with E-state index in [1.807, 2.05) is 0 Å². The van der Waals surface area contributed by atoms with E-state index in [9.17, 15) is 13.5 Å². The molecule has 0 amide bonds. The average molecular weight is 290 g/mol. The molecule has 0 unspecified atom stereocenters. The lowest BCUT2D eigenvalue weighted by Crippen LogP contribution is -2.57. The molecule has 1 rings (SSSR count). The Morgan fingerprint density at radius 2 is 1.79 bits per heavy atom. The number of aliphatic hydroxyl groups is 1. The maximum atomic E-state index is 12.4. The highest BCUT2D eigenvalue weighted by Gasteiger charge is 2.40. The van der Waals surface area contributed by atoms with E-state index >= 15 is 0 Å². The first-order valence-electron chi connectivity index (χ1n) is 5.85. The van der Waals surface area contributed by atoms with Crippen molar-refractivity contribution in [3.63, 3.8) is 0 Å². The molecule has 0 fully saturated rings. The molecule has 110 valence electrons. The van der Waals surface area contributed by atoms with E-state index in [2.05, 4.69) is 9.82 Å². The molecule has 7 nitrogen and oxygen atoms in total. The van der Waals surface area contributed by atoms with E-state index in [1.165, 1.54) is 18.5 Å². The van der Waals surface area contributed by atoms with Gasteiger partial charge in [-0.05, 0) is 34.6 Å². The lowest BCUT2D eigenvalue weighted by atomic mass is 9.87. The molecule has 0 atom stereocenters. The first kappa shape index (κ1) is 15.9. The summed E-state index contributed by atoms with van der Waals surface area (Å²) in [6, 6.07) is 0. The molecule has 0 spiro atoms. The molecule has 0 saturated heterocycles. The first-order chi connectivity index (χ1) is 8.29. The summed E-state index contributed by atoms with van der Waals surface area (Å²) in [5, 5.41) is 13.9. The van der Waals surface area contributed by atoms with Gasteiger partial charge >= 0.3 is 0 Å². The fourth-order valence-electron chi connectivity index (χ4n) is 1.46. The minimum absolute atomic E-state index is 0.0488. The molecule has 0 aliphatic heterocycles. The van der Waals surface area contributed by atoms with Gasteiger partial charge in [0.05, 0.1) is 16.8 Å². The minimum Gasteiger partial charge on any atom is -0.389 e. The predicted molar refractivity (Wildman–Crippen MR) is 73.1 cm³/mol. The van der Waals surface area contributed by atoms with E-state index in [0.29, 0.717) is 5.69 Å². The van der Waals surface area contributed by atoms with Crippen molar-refractivity contribution in [2.24, 2.45) is 7.05 Å². The highest BCUT2D eigenvalue weighted by atomic mass is 32.2. The molecule has 1 aromatic heterocycles. The summed E-state index contributed by atoms with van der Waals surface area (Å²) in [5.74, 6) is -0.0564. The van der Waals surface area contributed by atoms with Crippen LogP contribution < -0.4 is 10.5 Å². The monoisotopic (exact) mass is 290 g/mol. The highest BCUT2D eigenvalue weighted by Crippen LogP contribution is 2.27. The number of nitrogens with one attached hydrogen (secondary N) is 1. The summed E-state index contributed by atoms with van der Waals surface area (Å²) in [6.45, 7) is 7.90. The van der Waals surface area contributed by atoms with E-state index < -0.39 is 21.2 Å². The van der Waals surface area contributed by atoms with Crippen LogP contribution >= 0.6 is 0 Å². The molecule has 0 aromatic carbocycles. The summed E-state index contributed by atoms with van der Waals surface area (Å²) in [6.07, 6.45) is 0. The highest BCUT2D eigenvalue weighted by molar-refractivity contribution is 7.89. The van der Waals surface area contributed by atoms with Gasteiger partial charge in [0, 0.05) is 7.05 Å². The predicted octanol–water partition coefficient (Wildman–Crippen LogP) is 0.139. The van der Waals surface area contributed by atoms with E-state index in [1.54, 1.807) is 27.8 Å². The SMILES string of the molecule is Cc1c(S(=O)(=O)NC(C)(C)C(C)(C)O)c(N)nn1C. The molecule has 0 saturated carbocycles. The zero-order valence-corrected chi connectivity index (χ0v) is 13.0. The smallest absolute Gasteiger partial charge is 0.246 e. The Hall–Kier alpha value is -1.12. The lowest BCUT2D eigenvalue weighted by molar-refractivity contribution is 0.00638. The molecule has 8 heteroatoms. The Morgan fingerprint density at radius 1 is 1.32 bits per heavy atom. The molecule has 1 heterocycles. The molecule has 19 heavy (non-hydrogen) atoms. The number of rotatable bonds is 4. The average Bonchev–Trinajstić information content (AvgIpc) is 2.36. The Bertz CT molecular complexity index is 582. The van der Waals surface area contributed by atoms with Gasteiger partial charge in [-0.25, -0.2) is 13.1 Å². The summed E-state index contributed by atoms with van der Waals surface area (Å²) in [5.41, 5.74) is 3.80. The van der Waals surface area contributed by atoms with Crippen molar-refractivity contribution in [1.82, 2.24) is 14.5 Å².